The fraction of sp³-hybridized carbons (Fsp3) is 0.679. The lowest BCUT2D eigenvalue weighted by atomic mass is 9.91. The van der Waals surface area contributed by atoms with Crippen LogP contribution < -0.4 is 10.1 Å². The van der Waals surface area contributed by atoms with E-state index in [1.807, 2.05) is 18.9 Å². The van der Waals surface area contributed by atoms with Gasteiger partial charge in [0.15, 0.2) is 0 Å². The summed E-state index contributed by atoms with van der Waals surface area (Å²) in [5, 5.41) is 2.66. The number of hydrogen-bond acceptors (Lipinski definition) is 6. The molecule has 0 aromatic heterocycles. The number of hydrogen-bond donors (Lipinski definition) is 1. The van der Waals surface area contributed by atoms with E-state index in [0.717, 1.165) is 13.0 Å². The summed E-state index contributed by atoms with van der Waals surface area (Å²) in [5.74, 6) is -15.6. The number of benzene rings is 1. The average molecular weight is 596 g/mol. The van der Waals surface area contributed by atoms with Crippen LogP contribution in [0.3, 0.4) is 0 Å². The lowest BCUT2D eigenvalue weighted by Gasteiger charge is -2.38. The Labute approximate surface area is 238 Å². The number of likely N-dealkylation sites (tertiary alicyclic amines) is 1. The number of amides is 2. The van der Waals surface area contributed by atoms with Crippen LogP contribution in [0.15, 0.2) is 0 Å². The number of likely N-dealkylation sites (N-methyl/N-ethyl adjacent to an activating group) is 2. The minimum atomic E-state index is -2.38. The van der Waals surface area contributed by atoms with Gasteiger partial charge in [0.05, 0.1) is 30.7 Å². The van der Waals surface area contributed by atoms with Gasteiger partial charge in [0.2, 0.25) is 46.6 Å². The Morgan fingerprint density at radius 2 is 1.54 bits per heavy atom. The Morgan fingerprint density at radius 3 is 1.98 bits per heavy atom. The summed E-state index contributed by atoms with van der Waals surface area (Å²) >= 11 is 0. The number of nitrogens with one attached hydrogen (secondary N) is 1. The summed E-state index contributed by atoms with van der Waals surface area (Å²) in [6.07, 6.45) is 1.54. The first-order chi connectivity index (χ1) is 19.1. The molecule has 1 aromatic rings. The third kappa shape index (κ3) is 8.60. The van der Waals surface area contributed by atoms with Gasteiger partial charge in [-0.25, -0.2) is 13.2 Å². The van der Waals surface area contributed by atoms with Gasteiger partial charge in [-0.3, -0.25) is 19.3 Å². The number of methoxy groups -OCH3 is 1. The van der Waals surface area contributed by atoms with Crippen molar-refractivity contribution < 1.29 is 45.8 Å². The van der Waals surface area contributed by atoms with E-state index in [-0.39, 0.29) is 18.4 Å². The molecule has 1 heterocycles. The Bertz CT molecular complexity index is 1050. The summed E-state index contributed by atoms with van der Waals surface area (Å²) in [6, 6.07) is -0.761. The molecular weight excluding hydrogens is 553 g/mol. The highest BCUT2D eigenvalue weighted by Gasteiger charge is 2.41. The van der Waals surface area contributed by atoms with Crippen molar-refractivity contribution in [1.29, 1.82) is 0 Å². The Morgan fingerprint density at radius 1 is 1.02 bits per heavy atom. The van der Waals surface area contributed by atoms with Crippen LogP contribution in [0.2, 0.25) is 0 Å². The summed E-state index contributed by atoms with van der Waals surface area (Å²) < 4.78 is 78.0. The number of carbonyl (C=O) groups excluding carboxylic acids is 3. The van der Waals surface area contributed by atoms with Crippen molar-refractivity contribution in [3.63, 3.8) is 0 Å². The monoisotopic (exact) mass is 595 g/mol. The van der Waals surface area contributed by atoms with Gasteiger partial charge in [0.1, 0.15) is 0 Å². The zero-order valence-corrected chi connectivity index (χ0v) is 25.0. The Hall–Kier alpha value is -2.80. The maximum atomic E-state index is 14.0. The lowest BCUT2D eigenvalue weighted by Crippen LogP contribution is -2.56. The molecule has 234 valence electrons. The summed E-state index contributed by atoms with van der Waals surface area (Å²) in [6.45, 7) is 10.1. The van der Waals surface area contributed by atoms with Crippen LogP contribution >= 0.6 is 0 Å². The number of ether oxygens (including phenoxy) is 2. The van der Waals surface area contributed by atoms with E-state index >= 15 is 0 Å². The molecule has 0 radical (unpaired) electrons. The maximum absolute atomic E-state index is 14.0. The van der Waals surface area contributed by atoms with Crippen LogP contribution in [0.5, 0.6) is 5.75 Å². The van der Waals surface area contributed by atoms with E-state index in [2.05, 4.69) is 23.9 Å². The van der Waals surface area contributed by atoms with Gasteiger partial charge in [-0.2, -0.15) is 8.78 Å². The van der Waals surface area contributed by atoms with E-state index in [1.165, 1.54) is 25.5 Å². The molecular formula is C28H42F5N3O5. The lowest BCUT2D eigenvalue weighted by molar-refractivity contribution is -0.144. The molecule has 1 fully saturated rings. The zero-order chi connectivity index (χ0) is 31.7. The van der Waals surface area contributed by atoms with Gasteiger partial charge in [-0.1, -0.05) is 40.5 Å². The quantitative estimate of drug-likeness (QED) is 0.133. The molecule has 0 saturated carbocycles. The number of nitrogens with zero attached hydrogens (tertiary/aromatic N) is 2. The molecule has 1 saturated heterocycles. The summed E-state index contributed by atoms with van der Waals surface area (Å²) in [7, 11) is 4.52. The second kappa shape index (κ2) is 16.0. The highest BCUT2D eigenvalue weighted by molar-refractivity contribution is 5.90. The van der Waals surface area contributed by atoms with E-state index in [9.17, 15) is 36.3 Å². The highest BCUT2D eigenvalue weighted by atomic mass is 19.2. The van der Waals surface area contributed by atoms with Crippen LogP contribution in [0.25, 0.3) is 0 Å². The molecule has 2 rings (SSSR count). The number of halogens is 5. The first-order valence-electron chi connectivity index (χ1n) is 13.6. The standard InChI is InChI=1S/C25H34F5N3O5.C3H8/c1-7-13(2)22(33(5)15(34)12-31-24(36)25(3)9-8-10-32(25)4)14(37-6)11-16(35)38-23-20(29)18(27)17(26)19(28)21(23)30;1-3-2/h13-14,22H,7-12H2,1-6H3,(H,31,36);3H2,1-2H3. The summed E-state index contributed by atoms with van der Waals surface area (Å²) in [4.78, 5) is 41.5. The summed E-state index contributed by atoms with van der Waals surface area (Å²) in [5.41, 5.74) is -0.738. The van der Waals surface area contributed by atoms with E-state index in [0.29, 0.717) is 12.8 Å². The predicted molar refractivity (Wildman–Crippen MR) is 143 cm³/mol. The van der Waals surface area contributed by atoms with Gasteiger partial charge in [-0.05, 0) is 39.3 Å². The van der Waals surface area contributed by atoms with Crippen molar-refractivity contribution in [2.45, 2.75) is 84.4 Å². The molecule has 4 unspecified atom stereocenters. The van der Waals surface area contributed by atoms with Crippen molar-refractivity contribution in [1.82, 2.24) is 15.1 Å². The third-order valence-corrected chi connectivity index (χ3v) is 7.39. The zero-order valence-electron chi connectivity index (χ0n) is 25.0. The Kier molecular flexibility index (Phi) is 14.1. The van der Waals surface area contributed by atoms with Crippen LogP contribution in [0.4, 0.5) is 22.0 Å². The van der Waals surface area contributed by atoms with Crippen molar-refractivity contribution in [3.8, 4) is 5.75 Å². The second-order valence-electron chi connectivity index (χ2n) is 10.4. The van der Waals surface area contributed by atoms with Gasteiger partial charge in [-0.15, -0.1) is 0 Å². The van der Waals surface area contributed by atoms with Crippen molar-refractivity contribution >= 4 is 17.8 Å². The molecule has 8 nitrogen and oxygen atoms in total. The normalized spacial score (nSPS) is 19.0. The molecule has 4 atom stereocenters. The van der Waals surface area contributed by atoms with Crippen LogP contribution in [0.1, 0.15) is 66.7 Å². The number of esters is 1. The molecule has 0 bridgehead atoms. The highest BCUT2D eigenvalue weighted by Crippen LogP contribution is 2.30. The maximum Gasteiger partial charge on any atom is 0.314 e. The largest absolute Gasteiger partial charge is 0.420 e. The molecule has 0 spiro atoms. The van der Waals surface area contributed by atoms with Crippen molar-refractivity contribution in [2.75, 3.05) is 34.3 Å². The Balaban J connectivity index is 0.00000268. The van der Waals surface area contributed by atoms with Gasteiger partial charge < -0.3 is 19.7 Å². The SMILES string of the molecule is CCC.CCC(C)C(C(CC(=O)Oc1c(F)c(F)c(F)c(F)c1F)OC)N(C)C(=O)CNC(=O)C1(C)CCCN1C. The van der Waals surface area contributed by atoms with E-state index < -0.39 is 70.8 Å². The first kappa shape index (κ1) is 36.2. The van der Waals surface area contributed by atoms with Crippen LogP contribution in [0, 0.1) is 35.0 Å². The van der Waals surface area contributed by atoms with Gasteiger partial charge in [0, 0.05) is 14.2 Å². The third-order valence-electron chi connectivity index (χ3n) is 7.39. The molecule has 41 heavy (non-hydrogen) atoms. The minimum Gasteiger partial charge on any atom is -0.420 e. The van der Waals surface area contributed by atoms with Gasteiger partial charge in [0.25, 0.3) is 0 Å². The number of carbonyl (C=O) groups is 3. The van der Waals surface area contributed by atoms with E-state index in [1.54, 1.807) is 13.8 Å². The molecule has 2 amide bonds. The molecule has 0 aliphatic carbocycles. The topological polar surface area (TPSA) is 88.2 Å². The van der Waals surface area contributed by atoms with Crippen LogP contribution in [-0.2, 0) is 19.1 Å². The van der Waals surface area contributed by atoms with Crippen molar-refractivity contribution in [2.24, 2.45) is 5.92 Å². The molecule has 1 N–H and O–H groups in total. The fourth-order valence-electron chi connectivity index (χ4n) is 4.60. The van der Waals surface area contributed by atoms with Crippen molar-refractivity contribution in [3.05, 3.63) is 29.1 Å². The van der Waals surface area contributed by atoms with Crippen LogP contribution in [-0.4, -0.2) is 79.6 Å². The number of rotatable bonds is 11. The fourth-order valence-corrected chi connectivity index (χ4v) is 4.60. The molecule has 1 aliphatic heterocycles. The average Bonchev–Trinajstić information content (AvgIpc) is 3.29. The second-order valence-corrected chi connectivity index (χ2v) is 10.4. The first-order valence-corrected chi connectivity index (χ1v) is 13.6. The smallest absolute Gasteiger partial charge is 0.314 e. The van der Waals surface area contributed by atoms with Gasteiger partial charge >= 0.3 is 5.97 Å². The molecule has 1 aromatic carbocycles. The predicted octanol–water partition coefficient (Wildman–Crippen LogP) is 4.58. The molecule has 13 heteroatoms. The minimum absolute atomic E-state index is 0.259. The molecule has 1 aliphatic rings. The van der Waals surface area contributed by atoms with E-state index in [4.69, 9.17) is 4.74 Å².